The van der Waals surface area contributed by atoms with Gasteiger partial charge in [-0.2, -0.15) is 0 Å². The highest BCUT2D eigenvalue weighted by Crippen LogP contribution is 2.27. The van der Waals surface area contributed by atoms with Crippen LogP contribution in [0.2, 0.25) is 0 Å². The lowest BCUT2D eigenvalue weighted by atomic mass is 10.2. The summed E-state index contributed by atoms with van der Waals surface area (Å²) in [5.74, 6) is -0.516. The van der Waals surface area contributed by atoms with E-state index in [0.29, 0.717) is 12.0 Å². The van der Waals surface area contributed by atoms with Crippen molar-refractivity contribution in [2.45, 2.75) is 17.9 Å². The monoisotopic (exact) mass is 232 g/mol. The molecule has 0 aliphatic rings. The number of rotatable bonds is 3. The van der Waals surface area contributed by atoms with Crippen LogP contribution in [0, 0.1) is 0 Å². The molecule has 0 radical (unpaired) electrons. The van der Waals surface area contributed by atoms with Gasteiger partial charge in [-0.3, -0.25) is 0 Å². The summed E-state index contributed by atoms with van der Waals surface area (Å²) in [6.07, 6.45) is 0.342. The maximum atomic E-state index is 11.4. The van der Waals surface area contributed by atoms with Crippen LogP contribution < -0.4 is 0 Å². The minimum atomic E-state index is -1.44. The third-order valence-corrected chi connectivity index (χ3v) is 2.35. The standard InChI is InChI=1S/C10H10Cl2O2/c1-2-10(11,12)14-9(13)8-6-4-3-5-7-8/h3-7H,2H2,1H3. The van der Waals surface area contributed by atoms with Crippen LogP contribution >= 0.6 is 23.2 Å². The quantitative estimate of drug-likeness (QED) is 0.590. The van der Waals surface area contributed by atoms with Gasteiger partial charge in [0, 0.05) is 6.42 Å². The van der Waals surface area contributed by atoms with Crippen molar-refractivity contribution >= 4 is 29.2 Å². The molecule has 0 heterocycles. The first-order valence-corrected chi connectivity index (χ1v) is 4.97. The Hall–Kier alpha value is -0.730. The Morgan fingerprint density at radius 3 is 2.43 bits per heavy atom. The second kappa shape index (κ2) is 4.67. The predicted molar refractivity (Wildman–Crippen MR) is 56.6 cm³/mol. The average Bonchev–Trinajstić information content (AvgIpc) is 2.19. The first-order valence-electron chi connectivity index (χ1n) is 4.21. The number of carbonyl (C=O) groups is 1. The third kappa shape index (κ3) is 3.20. The van der Waals surface area contributed by atoms with Gasteiger partial charge in [-0.1, -0.05) is 48.3 Å². The summed E-state index contributed by atoms with van der Waals surface area (Å²) in [5, 5.41) is 0. The number of halogens is 2. The Kier molecular flexibility index (Phi) is 3.78. The molecule has 0 aliphatic heterocycles. The van der Waals surface area contributed by atoms with Gasteiger partial charge in [0.2, 0.25) is 0 Å². The topological polar surface area (TPSA) is 26.3 Å². The van der Waals surface area contributed by atoms with E-state index in [1.54, 1.807) is 31.2 Å². The fourth-order valence-corrected chi connectivity index (χ4v) is 0.981. The molecule has 0 amide bonds. The Balaban J connectivity index is 2.69. The van der Waals surface area contributed by atoms with Gasteiger partial charge >= 0.3 is 5.97 Å². The van der Waals surface area contributed by atoms with Crippen LogP contribution in [0.1, 0.15) is 23.7 Å². The summed E-state index contributed by atoms with van der Waals surface area (Å²) in [7, 11) is 0. The fraction of sp³-hybridized carbons (Fsp3) is 0.300. The molecule has 0 aliphatic carbocycles. The molecule has 1 rings (SSSR count). The Morgan fingerprint density at radius 2 is 1.93 bits per heavy atom. The first kappa shape index (κ1) is 11.3. The molecule has 0 bridgehead atoms. The minimum absolute atomic E-state index is 0.342. The van der Waals surface area contributed by atoms with Gasteiger partial charge in [-0.05, 0) is 12.1 Å². The summed E-state index contributed by atoms with van der Waals surface area (Å²) in [5.41, 5.74) is 0.437. The van der Waals surface area contributed by atoms with E-state index in [0.717, 1.165) is 0 Å². The Bertz CT molecular complexity index is 309. The van der Waals surface area contributed by atoms with Crippen LogP contribution in [-0.4, -0.2) is 10.5 Å². The van der Waals surface area contributed by atoms with E-state index in [2.05, 4.69) is 0 Å². The highest BCUT2D eigenvalue weighted by Gasteiger charge is 2.26. The average molecular weight is 233 g/mol. The Morgan fingerprint density at radius 1 is 1.36 bits per heavy atom. The van der Waals surface area contributed by atoms with Gasteiger partial charge in [0.25, 0.3) is 4.52 Å². The summed E-state index contributed by atoms with van der Waals surface area (Å²) >= 11 is 11.4. The van der Waals surface area contributed by atoms with Gasteiger partial charge in [-0.15, -0.1) is 0 Å². The predicted octanol–water partition coefficient (Wildman–Crippen LogP) is 3.38. The summed E-state index contributed by atoms with van der Waals surface area (Å²) in [4.78, 5) is 11.4. The molecule has 0 atom stereocenters. The van der Waals surface area contributed by atoms with Crippen LogP contribution in [0.15, 0.2) is 30.3 Å². The molecule has 14 heavy (non-hydrogen) atoms. The highest BCUT2D eigenvalue weighted by atomic mass is 35.5. The molecule has 2 nitrogen and oxygen atoms in total. The van der Waals surface area contributed by atoms with E-state index >= 15 is 0 Å². The van der Waals surface area contributed by atoms with E-state index in [1.807, 2.05) is 6.07 Å². The van der Waals surface area contributed by atoms with Crippen molar-refractivity contribution in [2.24, 2.45) is 0 Å². The van der Waals surface area contributed by atoms with Crippen molar-refractivity contribution in [3.63, 3.8) is 0 Å². The fourth-order valence-electron chi connectivity index (χ4n) is 0.841. The summed E-state index contributed by atoms with van der Waals surface area (Å²) in [6.45, 7) is 1.73. The normalized spacial score (nSPS) is 11.1. The van der Waals surface area contributed by atoms with Gasteiger partial charge in [-0.25, -0.2) is 4.79 Å². The molecule has 0 spiro atoms. The lowest BCUT2D eigenvalue weighted by molar-refractivity contribution is 0.0368. The second-order valence-electron chi connectivity index (χ2n) is 2.75. The maximum Gasteiger partial charge on any atom is 0.340 e. The molecule has 0 unspecified atom stereocenters. The number of carbonyl (C=O) groups excluding carboxylic acids is 1. The molecule has 0 saturated heterocycles. The van der Waals surface area contributed by atoms with Gasteiger partial charge < -0.3 is 4.74 Å². The lowest BCUT2D eigenvalue weighted by Crippen LogP contribution is -2.21. The molecule has 1 aromatic rings. The van der Waals surface area contributed by atoms with Crippen molar-refractivity contribution in [1.29, 1.82) is 0 Å². The van der Waals surface area contributed by atoms with E-state index in [-0.39, 0.29) is 0 Å². The van der Waals surface area contributed by atoms with E-state index in [9.17, 15) is 4.79 Å². The van der Waals surface area contributed by atoms with Crippen molar-refractivity contribution in [3.8, 4) is 0 Å². The molecule has 1 aromatic carbocycles. The van der Waals surface area contributed by atoms with Crippen molar-refractivity contribution in [1.82, 2.24) is 0 Å². The van der Waals surface area contributed by atoms with Crippen molar-refractivity contribution in [3.05, 3.63) is 35.9 Å². The zero-order valence-electron chi connectivity index (χ0n) is 7.67. The number of benzene rings is 1. The Labute approximate surface area is 92.8 Å². The molecule has 0 saturated carbocycles. The van der Waals surface area contributed by atoms with Crippen LogP contribution in [0.5, 0.6) is 0 Å². The van der Waals surface area contributed by atoms with Crippen LogP contribution in [0.4, 0.5) is 0 Å². The zero-order chi connectivity index (χ0) is 10.6. The SMILES string of the molecule is CCC(Cl)(Cl)OC(=O)c1ccccc1. The second-order valence-corrected chi connectivity index (χ2v) is 4.16. The van der Waals surface area contributed by atoms with Crippen molar-refractivity contribution < 1.29 is 9.53 Å². The highest BCUT2D eigenvalue weighted by molar-refractivity contribution is 6.47. The molecular formula is C10H10Cl2O2. The summed E-state index contributed by atoms with van der Waals surface area (Å²) < 4.78 is 3.43. The molecule has 0 aromatic heterocycles. The van der Waals surface area contributed by atoms with Gasteiger partial charge in [0.1, 0.15) is 0 Å². The number of esters is 1. The molecular weight excluding hydrogens is 223 g/mol. The van der Waals surface area contributed by atoms with E-state index in [1.165, 1.54) is 0 Å². The van der Waals surface area contributed by atoms with E-state index in [4.69, 9.17) is 27.9 Å². The third-order valence-electron chi connectivity index (χ3n) is 1.66. The summed E-state index contributed by atoms with van der Waals surface area (Å²) in [6, 6.07) is 8.58. The minimum Gasteiger partial charge on any atom is -0.425 e. The van der Waals surface area contributed by atoms with Crippen LogP contribution in [-0.2, 0) is 4.74 Å². The molecule has 0 fully saturated rings. The number of alkyl halides is 2. The lowest BCUT2D eigenvalue weighted by Gasteiger charge is -2.17. The van der Waals surface area contributed by atoms with Crippen LogP contribution in [0.25, 0.3) is 0 Å². The molecule has 4 heteroatoms. The molecule has 0 N–H and O–H groups in total. The van der Waals surface area contributed by atoms with E-state index < -0.39 is 10.5 Å². The number of hydrogen-bond donors (Lipinski definition) is 0. The number of hydrogen-bond acceptors (Lipinski definition) is 2. The number of ether oxygens (including phenoxy) is 1. The van der Waals surface area contributed by atoms with Crippen LogP contribution in [0.3, 0.4) is 0 Å². The largest absolute Gasteiger partial charge is 0.425 e. The first-order chi connectivity index (χ1) is 6.55. The van der Waals surface area contributed by atoms with Gasteiger partial charge in [0.15, 0.2) is 0 Å². The van der Waals surface area contributed by atoms with Crippen molar-refractivity contribution in [2.75, 3.05) is 0 Å². The molecule has 76 valence electrons. The smallest absolute Gasteiger partial charge is 0.340 e. The zero-order valence-corrected chi connectivity index (χ0v) is 9.18. The van der Waals surface area contributed by atoms with Gasteiger partial charge in [0.05, 0.1) is 5.56 Å². The maximum absolute atomic E-state index is 11.4.